The highest BCUT2D eigenvalue weighted by atomic mass is 79.9. The molecule has 0 aliphatic carbocycles. The predicted octanol–water partition coefficient (Wildman–Crippen LogP) is 3.42. The Bertz CT molecular complexity index is 1090. The molecule has 1 atom stereocenters. The third kappa shape index (κ3) is 2.50. The van der Waals surface area contributed by atoms with E-state index in [1.165, 1.54) is 0 Å². The molecule has 0 bridgehead atoms. The lowest BCUT2D eigenvalue weighted by molar-refractivity contribution is -0.129. The van der Waals surface area contributed by atoms with E-state index >= 15 is 0 Å². The van der Waals surface area contributed by atoms with Crippen LogP contribution >= 0.6 is 15.9 Å². The van der Waals surface area contributed by atoms with E-state index in [0.717, 1.165) is 10.0 Å². The zero-order valence-electron chi connectivity index (χ0n) is 14.2. The topological polar surface area (TPSA) is 80.2 Å². The van der Waals surface area contributed by atoms with Crippen molar-refractivity contribution in [1.29, 1.82) is 10.5 Å². The van der Waals surface area contributed by atoms with Crippen LogP contribution in [0.4, 0.5) is 0 Å². The fraction of sp³-hybridized carbons (Fsp3) is 0.143. The molecular formula is C21H13BrN4O. The van der Waals surface area contributed by atoms with Gasteiger partial charge in [-0.1, -0.05) is 46.3 Å². The standard InChI is InChI=1S/C21H13BrN4O/c22-16-7-5-14(6-8-16)18-11-19-25-9-10-26(19)20(27)21(18,13-24)17-4-2-1-3-15(17)12-23/h1-8,11H,9-10H2/t21-/m1/s1. The van der Waals surface area contributed by atoms with Crippen LogP contribution in [-0.4, -0.2) is 29.7 Å². The highest BCUT2D eigenvalue weighted by Gasteiger charge is 2.52. The summed E-state index contributed by atoms with van der Waals surface area (Å²) >= 11 is 3.41. The average molecular weight is 417 g/mol. The van der Waals surface area contributed by atoms with Crippen molar-refractivity contribution >= 4 is 33.2 Å². The van der Waals surface area contributed by atoms with Gasteiger partial charge in [-0.25, -0.2) is 0 Å². The van der Waals surface area contributed by atoms with Crippen molar-refractivity contribution in [2.75, 3.05) is 13.1 Å². The molecule has 2 aromatic carbocycles. The average Bonchev–Trinajstić information content (AvgIpc) is 3.18. The molecule has 130 valence electrons. The Morgan fingerprint density at radius 1 is 1.11 bits per heavy atom. The van der Waals surface area contributed by atoms with Crippen molar-refractivity contribution < 1.29 is 4.79 Å². The first-order valence-electron chi connectivity index (χ1n) is 8.37. The number of amidine groups is 1. The van der Waals surface area contributed by atoms with Crippen LogP contribution < -0.4 is 0 Å². The molecule has 0 N–H and O–H groups in total. The number of hydrogen-bond acceptors (Lipinski definition) is 4. The number of fused-ring (bicyclic) bond motifs is 1. The molecule has 0 saturated heterocycles. The molecule has 1 amide bonds. The lowest BCUT2D eigenvalue weighted by Crippen LogP contribution is -2.51. The molecule has 6 heteroatoms. The van der Waals surface area contributed by atoms with E-state index in [1.54, 1.807) is 35.2 Å². The second kappa shape index (κ2) is 6.50. The van der Waals surface area contributed by atoms with Crippen molar-refractivity contribution in [2.45, 2.75) is 5.41 Å². The number of nitrogens with zero attached hydrogens (tertiary/aromatic N) is 4. The zero-order valence-corrected chi connectivity index (χ0v) is 15.8. The molecule has 0 unspecified atom stereocenters. The van der Waals surface area contributed by atoms with Crippen LogP contribution in [0.2, 0.25) is 0 Å². The summed E-state index contributed by atoms with van der Waals surface area (Å²) < 4.78 is 0.897. The van der Waals surface area contributed by atoms with Crippen LogP contribution in [0.15, 0.2) is 64.1 Å². The Hall–Kier alpha value is -3.22. The van der Waals surface area contributed by atoms with E-state index in [9.17, 15) is 15.3 Å². The minimum atomic E-state index is -1.59. The first-order valence-corrected chi connectivity index (χ1v) is 9.16. The first kappa shape index (κ1) is 17.2. The van der Waals surface area contributed by atoms with Gasteiger partial charge >= 0.3 is 0 Å². The molecule has 2 heterocycles. The van der Waals surface area contributed by atoms with Crippen LogP contribution in [0.5, 0.6) is 0 Å². The summed E-state index contributed by atoms with van der Waals surface area (Å²) in [5.74, 6) is 0.211. The van der Waals surface area contributed by atoms with E-state index in [2.05, 4.69) is 33.1 Å². The van der Waals surface area contributed by atoms with E-state index in [4.69, 9.17) is 0 Å². The van der Waals surface area contributed by atoms with Crippen molar-refractivity contribution in [1.82, 2.24) is 4.90 Å². The van der Waals surface area contributed by atoms with Crippen molar-refractivity contribution in [3.63, 3.8) is 0 Å². The molecule has 0 saturated carbocycles. The van der Waals surface area contributed by atoms with Gasteiger partial charge in [0.1, 0.15) is 5.84 Å². The van der Waals surface area contributed by atoms with Crippen molar-refractivity contribution in [2.24, 2.45) is 4.99 Å². The number of carbonyl (C=O) groups is 1. The molecule has 5 nitrogen and oxygen atoms in total. The SMILES string of the molecule is N#Cc1ccccc1[C@@]1(C#N)C(=O)N2CCN=C2C=C1c1ccc(Br)cc1. The summed E-state index contributed by atoms with van der Waals surface area (Å²) in [7, 11) is 0. The number of rotatable bonds is 2. The lowest BCUT2D eigenvalue weighted by atomic mass is 9.68. The molecule has 0 aromatic heterocycles. The van der Waals surface area contributed by atoms with Crippen LogP contribution in [0, 0.1) is 22.7 Å². The summed E-state index contributed by atoms with van der Waals surface area (Å²) in [6, 6.07) is 18.6. The van der Waals surface area contributed by atoms with Gasteiger partial charge in [-0.15, -0.1) is 0 Å². The smallest absolute Gasteiger partial charge is 0.257 e. The van der Waals surface area contributed by atoms with Gasteiger partial charge in [0.05, 0.1) is 24.2 Å². The zero-order chi connectivity index (χ0) is 19.0. The number of aliphatic imine (C=N–C) groups is 1. The van der Waals surface area contributed by atoms with Crippen LogP contribution in [0.1, 0.15) is 16.7 Å². The number of carbonyl (C=O) groups excluding carboxylic acids is 1. The van der Waals surface area contributed by atoms with Gasteiger partial charge in [0, 0.05) is 16.6 Å². The fourth-order valence-electron chi connectivity index (χ4n) is 3.61. The van der Waals surface area contributed by atoms with Gasteiger partial charge in [0.25, 0.3) is 5.91 Å². The molecule has 4 rings (SSSR count). The highest BCUT2D eigenvalue weighted by molar-refractivity contribution is 9.10. The molecule has 0 radical (unpaired) electrons. The maximum absolute atomic E-state index is 13.5. The van der Waals surface area contributed by atoms with E-state index in [-0.39, 0.29) is 5.91 Å². The summed E-state index contributed by atoms with van der Waals surface area (Å²) in [6.45, 7) is 0.947. The van der Waals surface area contributed by atoms with E-state index < -0.39 is 5.41 Å². The molecule has 0 fully saturated rings. The van der Waals surface area contributed by atoms with Crippen LogP contribution in [-0.2, 0) is 10.2 Å². The number of benzene rings is 2. The molecule has 2 aromatic rings. The molecular weight excluding hydrogens is 404 g/mol. The van der Waals surface area contributed by atoms with Gasteiger partial charge in [0.15, 0.2) is 5.41 Å². The van der Waals surface area contributed by atoms with Crippen LogP contribution in [0.3, 0.4) is 0 Å². The maximum atomic E-state index is 13.5. The molecule has 0 spiro atoms. The largest absolute Gasteiger partial charge is 0.293 e. The summed E-state index contributed by atoms with van der Waals surface area (Å²) in [4.78, 5) is 19.5. The minimum absolute atomic E-state index is 0.315. The molecule has 2 aliphatic rings. The first-order chi connectivity index (χ1) is 13.1. The summed E-state index contributed by atoms with van der Waals surface area (Å²) in [5, 5.41) is 19.9. The van der Waals surface area contributed by atoms with E-state index in [1.807, 2.05) is 24.3 Å². The third-order valence-electron chi connectivity index (χ3n) is 4.89. The Morgan fingerprint density at radius 2 is 1.85 bits per heavy atom. The predicted molar refractivity (Wildman–Crippen MR) is 105 cm³/mol. The third-order valence-corrected chi connectivity index (χ3v) is 5.42. The van der Waals surface area contributed by atoms with Gasteiger partial charge in [-0.05, 0) is 35.4 Å². The quantitative estimate of drug-likeness (QED) is 0.751. The van der Waals surface area contributed by atoms with E-state index in [0.29, 0.717) is 35.6 Å². The highest BCUT2D eigenvalue weighted by Crippen LogP contribution is 2.44. The fourth-order valence-corrected chi connectivity index (χ4v) is 3.88. The Balaban J connectivity index is 2.05. The van der Waals surface area contributed by atoms with Crippen LogP contribution in [0.25, 0.3) is 5.57 Å². The summed E-state index contributed by atoms with van der Waals surface area (Å²) in [5.41, 5.74) is 0.413. The molecule has 2 aliphatic heterocycles. The monoisotopic (exact) mass is 416 g/mol. The number of nitriles is 2. The second-order valence-corrected chi connectivity index (χ2v) is 7.20. The van der Waals surface area contributed by atoms with Gasteiger partial charge in [0.2, 0.25) is 0 Å². The normalized spacial score (nSPS) is 21.0. The Kier molecular flexibility index (Phi) is 4.14. The second-order valence-electron chi connectivity index (χ2n) is 6.28. The molecule has 27 heavy (non-hydrogen) atoms. The summed E-state index contributed by atoms with van der Waals surface area (Å²) in [6.07, 6.45) is 1.80. The minimum Gasteiger partial charge on any atom is -0.293 e. The van der Waals surface area contributed by atoms with Gasteiger partial charge < -0.3 is 0 Å². The number of hydrogen-bond donors (Lipinski definition) is 0. The number of amides is 1. The Labute approximate surface area is 165 Å². The van der Waals surface area contributed by atoms with Crippen molar-refractivity contribution in [3.8, 4) is 12.1 Å². The lowest BCUT2D eigenvalue weighted by Gasteiger charge is -2.37. The Morgan fingerprint density at radius 3 is 2.56 bits per heavy atom. The van der Waals surface area contributed by atoms with Crippen molar-refractivity contribution in [3.05, 3.63) is 75.8 Å². The van der Waals surface area contributed by atoms with Gasteiger partial charge in [-0.3, -0.25) is 14.7 Å². The number of halogens is 1. The van der Waals surface area contributed by atoms with Gasteiger partial charge in [-0.2, -0.15) is 10.5 Å². The maximum Gasteiger partial charge on any atom is 0.257 e.